The Labute approximate surface area is 146 Å². The summed E-state index contributed by atoms with van der Waals surface area (Å²) in [6, 6.07) is 3.51. The monoisotopic (exact) mass is 346 g/mol. The van der Waals surface area contributed by atoms with Crippen LogP contribution in [-0.2, 0) is 0 Å². The standard InChI is InChI=1S/C16H22N6OS/c1-10-8-11(2)19-14(18-10)22-15(23)17-6-5-7-24-16-20-12(3)9-13(4)21-16/h8-9H,5-7H2,1-4H3,(H2,17,18,19,22,23). The number of nitrogens with zero attached hydrogens (tertiary/aromatic N) is 4. The normalized spacial score (nSPS) is 10.5. The second-order valence-electron chi connectivity index (χ2n) is 5.49. The summed E-state index contributed by atoms with van der Waals surface area (Å²) in [5, 5.41) is 6.22. The van der Waals surface area contributed by atoms with Gasteiger partial charge in [0.1, 0.15) is 0 Å². The van der Waals surface area contributed by atoms with Gasteiger partial charge in [-0.25, -0.2) is 24.7 Å². The fourth-order valence-corrected chi connectivity index (χ4v) is 3.01. The van der Waals surface area contributed by atoms with Crippen molar-refractivity contribution in [1.82, 2.24) is 25.3 Å². The quantitative estimate of drug-likeness (QED) is 0.475. The molecule has 0 aliphatic carbocycles. The highest BCUT2D eigenvalue weighted by Crippen LogP contribution is 2.14. The molecule has 0 saturated heterocycles. The lowest BCUT2D eigenvalue weighted by Crippen LogP contribution is -2.30. The van der Waals surface area contributed by atoms with Gasteiger partial charge in [-0.05, 0) is 46.2 Å². The van der Waals surface area contributed by atoms with E-state index in [4.69, 9.17) is 0 Å². The van der Waals surface area contributed by atoms with Crippen LogP contribution >= 0.6 is 11.8 Å². The first-order valence-electron chi connectivity index (χ1n) is 7.74. The van der Waals surface area contributed by atoms with E-state index in [9.17, 15) is 4.79 Å². The zero-order valence-electron chi connectivity index (χ0n) is 14.4. The average Bonchev–Trinajstić information content (AvgIpc) is 2.44. The molecule has 0 aliphatic heterocycles. The fraction of sp³-hybridized carbons (Fsp3) is 0.438. The molecular formula is C16H22N6OS. The molecule has 2 aromatic rings. The van der Waals surface area contributed by atoms with Crippen molar-refractivity contribution in [3.63, 3.8) is 0 Å². The van der Waals surface area contributed by atoms with Gasteiger partial charge in [0.25, 0.3) is 0 Å². The largest absolute Gasteiger partial charge is 0.338 e. The van der Waals surface area contributed by atoms with Crippen molar-refractivity contribution in [2.45, 2.75) is 39.3 Å². The Morgan fingerprint density at radius 3 is 2.08 bits per heavy atom. The van der Waals surface area contributed by atoms with E-state index in [1.807, 2.05) is 39.8 Å². The van der Waals surface area contributed by atoms with Crippen LogP contribution in [0, 0.1) is 27.7 Å². The molecule has 2 heterocycles. The van der Waals surface area contributed by atoms with Crippen molar-refractivity contribution in [1.29, 1.82) is 0 Å². The first kappa shape index (κ1) is 18.1. The third kappa shape index (κ3) is 6.11. The van der Waals surface area contributed by atoms with Crippen molar-refractivity contribution >= 4 is 23.7 Å². The van der Waals surface area contributed by atoms with Gasteiger partial charge < -0.3 is 5.32 Å². The number of nitrogens with one attached hydrogen (secondary N) is 2. The minimum atomic E-state index is -0.298. The summed E-state index contributed by atoms with van der Waals surface area (Å²) < 4.78 is 0. The summed E-state index contributed by atoms with van der Waals surface area (Å²) in [4.78, 5) is 28.9. The second kappa shape index (κ2) is 8.58. The maximum Gasteiger partial charge on any atom is 0.321 e. The Morgan fingerprint density at radius 1 is 0.958 bits per heavy atom. The highest BCUT2D eigenvalue weighted by Gasteiger charge is 2.05. The fourth-order valence-electron chi connectivity index (χ4n) is 2.12. The van der Waals surface area contributed by atoms with Crippen molar-refractivity contribution in [3.05, 3.63) is 34.9 Å². The minimum absolute atomic E-state index is 0.298. The number of rotatable bonds is 6. The van der Waals surface area contributed by atoms with Crippen LogP contribution in [0.2, 0.25) is 0 Å². The minimum Gasteiger partial charge on any atom is -0.338 e. The molecule has 0 bridgehead atoms. The number of carbonyl (C=O) groups is 1. The maximum absolute atomic E-state index is 11.8. The number of amides is 2. The molecular weight excluding hydrogens is 324 g/mol. The van der Waals surface area contributed by atoms with Gasteiger partial charge >= 0.3 is 6.03 Å². The van der Waals surface area contributed by atoms with Gasteiger partial charge in [-0.2, -0.15) is 0 Å². The van der Waals surface area contributed by atoms with Gasteiger partial charge in [0.15, 0.2) is 5.16 Å². The van der Waals surface area contributed by atoms with Gasteiger partial charge in [0, 0.05) is 35.1 Å². The van der Waals surface area contributed by atoms with E-state index in [0.717, 1.165) is 40.1 Å². The lowest BCUT2D eigenvalue weighted by molar-refractivity contribution is 0.252. The lowest BCUT2D eigenvalue weighted by Gasteiger charge is -2.07. The summed E-state index contributed by atoms with van der Waals surface area (Å²) in [6.07, 6.45) is 0.822. The number of urea groups is 1. The molecule has 7 nitrogen and oxygen atoms in total. The van der Waals surface area contributed by atoms with E-state index in [1.54, 1.807) is 11.8 Å². The Bertz CT molecular complexity index is 681. The third-order valence-corrected chi connectivity index (χ3v) is 3.94. The van der Waals surface area contributed by atoms with Crippen LogP contribution in [-0.4, -0.2) is 38.3 Å². The molecule has 0 unspecified atom stereocenters. The van der Waals surface area contributed by atoms with E-state index >= 15 is 0 Å². The first-order valence-corrected chi connectivity index (χ1v) is 8.73. The molecule has 2 aromatic heterocycles. The van der Waals surface area contributed by atoms with Gasteiger partial charge in [0.2, 0.25) is 5.95 Å². The molecule has 0 spiro atoms. The predicted octanol–water partition coefficient (Wildman–Crippen LogP) is 2.80. The molecule has 0 fully saturated rings. The number of thioether (sulfide) groups is 1. The zero-order valence-corrected chi connectivity index (χ0v) is 15.2. The van der Waals surface area contributed by atoms with E-state index in [-0.39, 0.29) is 6.03 Å². The molecule has 8 heteroatoms. The zero-order chi connectivity index (χ0) is 17.5. The average molecular weight is 346 g/mol. The molecule has 24 heavy (non-hydrogen) atoms. The topological polar surface area (TPSA) is 92.7 Å². The van der Waals surface area contributed by atoms with Crippen LogP contribution in [0.1, 0.15) is 29.2 Å². The van der Waals surface area contributed by atoms with E-state index in [2.05, 4.69) is 30.6 Å². The molecule has 2 N–H and O–H groups in total. The van der Waals surface area contributed by atoms with E-state index < -0.39 is 0 Å². The predicted molar refractivity (Wildman–Crippen MR) is 95.4 cm³/mol. The second-order valence-corrected chi connectivity index (χ2v) is 6.55. The molecule has 0 aromatic carbocycles. The number of aryl methyl sites for hydroxylation is 4. The number of carbonyl (C=O) groups excluding carboxylic acids is 1. The van der Waals surface area contributed by atoms with Crippen LogP contribution in [0.4, 0.5) is 10.7 Å². The van der Waals surface area contributed by atoms with Crippen LogP contribution in [0.25, 0.3) is 0 Å². The molecule has 0 atom stereocenters. The molecule has 0 aliphatic rings. The molecule has 0 radical (unpaired) electrons. The molecule has 0 saturated carbocycles. The van der Waals surface area contributed by atoms with Crippen LogP contribution in [0.3, 0.4) is 0 Å². The van der Waals surface area contributed by atoms with Crippen molar-refractivity contribution < 1.29 is 4.79 Å². The van der Waals surface area contributed by atoms with Crippen LogP contribution in [0.15, 0.2) is 17.3 Å². The van der Waals surface area contributed by atoms with Crippen molar-refractivity contribution in [3.8, 4) is 0 Å². The maximum atomic E-state index is 11.8. The SMILES string of the molecule is Cc1cc(C)nc(NC(=O)NCCCSc2nc(C)cc(C)n2)n1. The highest BCUT2D eigenvalue weighted by molar-refractivity contribution is 7.99. The highest BCUT2D eigenvalue weighted by atomic mass is 32.2. The van der Waals surface area contributed by atoms with Gasteiger partial charge in [0.05, 0.1) is 0 Å². The smallest absolute Gasteiger partial charge is 0.321 e. The van der Waals surface area contributed by atoms with Crippen LogP contribution in [0.5, 0.6) is 0 Å². The Kier molecular flexibility index (Phi) is 6.48. The number of aromatic nitrogens is 4. The summed E-state index contributed by atoms with van der Waals surface area (Å²) in [7, 11) is 0. The van der Waals surface area contributed by atoms with Crippen molar-refractivity contribution in [2.75, 3.05) is 17.6 Å². The molecule has 2 rings (SSSR count). The summed E-state index contributed by atoms with van der Waals surface area (Å²) >= 11 is 1.59. The number of hydrogen-bond donors (Lipinski definition) is 2. The summed E-state index contributed by atoms with van der Waals surface area (Å²) in [5.41, 5.74) is 3.58. The third-order valence-electron chi connectivity index (χ3n) is 3.01. The summed E-state index contributed by atoms with van der Waals surface area (Å²) in [6.45, 7) is 8.21. The van der Waals surface area contributed by atoms with Gasteiger partial charge in [-0.15, -0.1) is 0 Å². The van der Waals surface area contributed by atoms with E-state index in [1.165, 1.54) is 0 Å². The molecule has 128 valence electrons. The number of hydrogen-bond acceptors (Lipinski definition) is 6. The number of anilines is 1. The Balaban J connectivity index is 1.69. The lowest BCUT2D eigenvalue weighted by atomic mass is 10.4. The van der Waals surface area contributed by atoms with Gasteiger partial charge in [-0.1, -0.05) is 11.8 Å². The first-order chi connectivity index (χ1) is 11.4. The van der Waals surface area contributed by atoms with Crippen LogP contribution < -0.4 is 10.6 Å². The molecule has 2 amide bonds. The Hall–Kier alpha value is -2.22. The Morgan fingerprint density at radius 2 is 1.50 bits per heavy atom. The van der Waals surface area contributed by atoms with E-state index in [0.29, 0.717) is 12.5 Å². The van der Waals surface area contributed by atoms with Crippen molar-refractivity contribution in [2.24, 2.45) is 0 Å². The summed E-state index contributed by atoms with van der Waals surface area (Å²) in [5.74, 6) is 1.16. The van der Waals surface area contributed by atoms with Gasteiger partial charge in [-0.3, -0.25) is 5.32 Å².